The summed E-state index contributed by atoms with van der Waals surface area (Å²) in [5, 5.41) is 0. The third-order valence-electron chi connectivity index (χ3n) is 9.12. The predicted octanol–water partition coefficient (Wildman–Crippen LogP) is 5.88. The average molecular weight is 411 g/mol. The molecule has 0 radical (unpaired) electrons. The van der Waals surface area contributed by atoms with E-state index < -0.39 is 0 Å². The van der Waals surface area contributed by atoms with E-state index in [1.165, 1.54) is 29.8 Å². The summed E-state index contributed by atoms with van der Waals surface area (Å²) in [6.07, 6.45) is 10.0. The maximum atomic E-state index is 13.1. The zero-order valence-electron chi connectivity index (χ0n) is 18.0. The molecular formula is C26H31FO3. The molecule has 0 N–H and O–H groups in total. The molecule has 0 unspecified atom stereocenters. The Labute approximate surface area is 178 Å². The number of carbonyl (C=O) groups excluding carboxylic acids is 2. The number of ketones is 1. The molecule has 0 heterocycles. The van der Waals surface area contributed by atoms with Crippen molar-refractivity contribution in [3.8, 4) is 0 Å². The van der Waals surface area contributed by atoms with Crippen LogP contribution in [0.25, 0.3) is 0 Å². The van der Waals surface area contributed by atoms with Gasteiger partial charge in [0.25, 0.3) is 0 Å². The molecule has 160 valence electrons. The van der Waals surface area contributed by atoms with Crippen molar-refractivity contribution in [2.24, 2.45) is 28.6 Å². The molecule has 5 rings (SSSR count). The number of hydrogen-bond acceptors (Lipinski definition) is 3. The number of benzene rings is 1. The predicted molar refractivity (Wildman–Crippen MR) is 112 cm³/mol. The fourth-order valence-corrected chi connectivity index (χ4v) is 7.30. The lowest BCUT2D eigenvalue weighted by Crippen LogP contribution is -2.50. The van der Waals surface area contributed by atoms with E-state index in [4.69, 9.17) is 4.74 Å². The van der Waals surface area contributed by atoms with Gasteiger partial charge in [-0.25, -0.2) is 9.18 Å². The first-order valence-corrected chi connectivity index (χ1v) is 11.5. The van der Waals surface area contributed by atoms with Gasteiger partial charge in [-0.1, -0.05) is 25.5 Å². The van der Waals surface area contributed by atoms with Gasteiger partial charge in [-0.05, 0) is 86.0 Å². The fraction of sp³-hybridized carbons (Fsp3) is 0.615. The van der Waals surface area contributed by atoms with Crippen molar-refractivity contribution in [3.63, 3.8) is 0 Å². The summed E-state index contributed by atoms with van der Waals surface area (Å²) in [4.78, 5) is 25.1. The van der Waals surface area contributed by atoms with Gasteiger partial charge in [-0.3, -0.25) is 4.79 Å². The Balaban J connectivity index is 1.31. The van der Waals surface area contributed by atoms with Crippen LogP contribution in [0.5, 0.6) is 0 Å². The van der Waals surface area contributed by atoms with Gasteiger partial charge in [-0.2, -0.15) is 0 Å². The van der Waals surface area contributed by atoms with Crippen LogP contribution in [0.2, 0.25) is 0 Å². The van der Waals surface area contributed by atoms with Crippen LogP contribution < -0.4 is 0 Å². The normalized spacial score (nSPS) is 40.1. The molecule has 4 aliphatic carbocycles. The van der Waals surface area contributed by atoms with Gasteiger partial charge in [0.2, 0.25) is 0 Å². The second-order valence-corrected chi connectivity index (χ2v) is 10.5. The molecule has 1 aromatic rings. The van der Waals surface area contributed by atoms with Gasteiger partial charge < -0.3 is 4.74 Å². The van der Waals surface area contributed by atoms with Crippen LogP contribution in [0, 0.1) is 34.4 Å². The highest BCUT2D eigenvalue weighted by Gasteiger charge is 2.58. The van der Waals surface area contributed by atoms with Crippen LogP contribution in [0.15, 0.2) is 35.9 Å². The standard InChI is InChI=1S/C26H31FO3/c1-25-13-11-19(30-24(29)16-3-6-18(27)7-4-16)15-17(25)5-8-20-21-9-10-23(28)26(21,2)14-12-22(20)25/h3-7,19-22H,8-15H2,1-2H3/t19-,20-,21-,22-,25-,26-/m0/s1. The number of halogens is 1. The van der Waals surface area contributed by atoms with Crippen LogP contribution in [-0.2, 0) is 9.53 Å². The number of ether oxygens (including phenoxy) is 1. The van der Waals surface area contributed by atoms with Crippen LogP contribution in [0.1, 0.15) is 75.6 Å². The Hall–Kier alpha value is -1.97. The minimum Gasteiger partial charge on any atom is -0.458 e. The number of allylic oxidation sites excluding steroid dienone is 1. The highest BCUT2D eigenvalue weighted by Crippen LogP contribution is 2.64. The summed E-state index contributed by atoms with van der Waals surface area (Å²) in [5.74, 6) is 1.55. The number of Topliss-reactive ketones (excluding diaryl/α,β-unsaturated/α-hetero) is 1. The first kappa shape index (κ1) is 20.0. The van der Waals surface area contributed by atoms with E-state index in [0.29, 0.717) is 29.1 Å². The first-order valence-electron chi connectivity index (χ1n) is 11.5. The van der Waals surface area contributed by atoms with E-state index in [1.807, 2.05) is 0 Å². The average Bonchev–Trinajstić information content (AvgIpc) is 3.03. The number of fused-ring (bicyclic) bond motifs is 5. The molecule has 6 atom stereocenters. The summed E-state index contributed by atoms with van der Waals surface area (Å²) in [6, 6.07) is 5.56. The van der Waals surface area contributed by atoms with Gasteiger partial charge in [-0.15, -0.1) is 0 Å². The van der Waals surface area contributed by atoms with Gasteiger partial charge in [0.15, 0.2) is 0 Å². The second-order valence-electron chi connectivity index (χ2n) is 10.5. The topological polar surface area (TPSA) is 43.4 Å². The third-order valence-corrected chi connectivity index (χ3v) is 9.12. The lowest BCUT2D eigenvalue weighted by atomic mass is 9.48. The maximum Gasteiger partial charge on any atom is 0.338 e. The molecule has 0 aliphatic heterocycles. The Morgan fingerprint density at radius 1 is 1.03 bits per heavy atom. The molecule has 0 saturated heterocycles. The lowest BCUT2D eigenvalue weighted by molar-refractivity contribution is -0.132. The van der Waals surface area contributed by atoms with E-state index in [2.05, 4.69) is 19.9 Å². The zero-order valence-corrected chi connectivity index (χ0v) is 18.0. The van der Waals surface area contributed by atoms with E-state index in [1.54, 1.807) is 0 Å². The van der Waals surface area contributed by atoms with E-state index in [0.717, 1.165) is 51.4 Å². The summed E-state index contributed by atoms with van der Waals surface area (Å²) < 4.78 is 18.9. The Morgan fingerprint density at radius 3 is 2.50 bits per heavy atom. The summed E-state index contributed by atoms with van der Waals surface area (Å²) in [5.41, 5.74) is 1.92. The van der Waals surface area contributed by atoms with Crippen LogP contribution in [-0.4, -0.2) is 17.9 Å². The van der Waals surface area contributed by atoms with Crippen LogP contribution >= 0.6 is 0 Å². The highest BCUT2D eigenvalue weighted by molar-refractivity contribution is 5.89. The molecule has 3 saturated carbocycles. The van der Waals surface area contributed by atoms with Crippen molar-refractivity contribution in [1.82, 2.24) is 0 Å². The number of carbonyl (C=O) groups is 2. The number of hydrogen-bond donors (Lipinski definition) is 0. The van der Waals surface area contributed by atoms with E-state index in [-0.39, 0.29) is 28.7 Å². The summed E-state index contributed by atoms with van der Waals surface area (Å²) in [7, 11) is 0. The molecule has 1 aromatic carbocycles. The molecule has 0 bridgehead atoms. The van der Waals surface area contributed by atoms with Crippen molar-refractivity contribution in [2.75, 3.05) is 0 Å². The molecular weight excluding hydrogens is 379 g/mol. The Bertz CT molecular complexity index is 903. The molecule has 3 fully saturated rings. The third kappa shape index (κ3) is 2.98. The molecule has 3 nitrogen and oxygen atoms in total. The molecule has 0 spiro atoms. The monoisotopic (exact) mass is 410 g/mol. The SMILES string of the molecule is C[C@]12CC[C@H](OC(=O)c3ccc(F)cc3)CC1=CC[C@@H]1[C@@H]2CC[C@]2(C)C(=O)CC[C@@H]12. The van der Waals surface area contributed by atoms with Gasteiger partial charge >= 0.3 is 5.97 Å². The van der Waals surface area contributed by atoms with E-state index in [9.17, 15) is 14.0 Å². The molecule has 4 aliphatic rings. The molecule has 4 heteroatoms. The Morgan fingerprint density at radius 2 is 1.73 bits per heavy atom. The molecule has 0 aromatic heterocycles. The first-order chi connectivity index (χ1) is 14.3. The van der Waals surface area contributed by atoms with E-state index >= 15 is 0 Å². The fourth-order valence-electron chi connectivity index (χ4n) is 7.30. The zero-order chi connectivity index (χ0) is 21.1. The van der Waals surface area contributed by atoms with Crippen molar-refractivity contribution in [3.05, 3.63) is 47.3 Å². The molecule has 30 heavy (non-hydrogen) atoms. The highest BCUT2D eigenvalue weighted by atomic mass is 19.1. The number of rotatable bonds is 2. The minimum absolute atomic E-state index is 0.0925. The smallest absolute Gasteiger partial charge is 0.338 e. The minimum atomic E-state index is -0.365. The van der Waals surface area contributed by atoms with Crippen LogP contribution in [0.4, 0.5) is 4.39 Å². The summed E-state index contributed by atoms with van der Waals surface area (Å²) >= 11 is 0. The van der Waals surface area contributed by atoms with Gasteiger partial charge in [0.05, 0.1) is 5.56 Å². The number of esters is 1. The Kier molecular flexibility index (Phi) is 4.68. The quantitative estimate of drug-likeness (QED) is 0.451. The lowest BCUT2D eigenvalue weighted by Gasteiger charge is -2.56. The van der Waals surface area contributed by atoms with Crippen molar-refractivity contribution >= 4 is 11.8 Å². The van der Waals surface area contributed by atoms with Crippen molar-refractivity contribution in [1.29, 1.82) is 0 Å². The largest absolute Gasteiger partial charge is 0.458 e. The van der Waals surface area contributed by atoms with Gasteiger partial charge in [0.1, 0.15) is 17.7 Å². The van der Waals surface area contributed by atoms with Crippen molar-refractivity contribution in [2.45, 2.75) is 71.3 Å². The molecule has 0 amide bonds. The second kappa shape index (κ2) is 7.03. The van der Waals surface area contributed by atoms with Gasteiger partial charge in [0, 0.05) is 18.3 Å². The maximum absolute atomic E-state index is 13.1. The van der Waals surface area contributed by atoms with Crippen molar-refractivity contribution < 1.29 is 18.7 Å². The summed E-state index contributed by atoms with van der Waals surface area (Å²) in [6.45, 7) is 4.63. The van der Waals surface area contributed by atoms with Crippen LogP contribution in [0.3, 0.4) is 0 Å².